The molecule has 0 radical (unpaired) electrons. The van der Waals surface area contributed by atoms with Gasteiger partial charge in [-0.2, -0.15) is 0 Å². The van der Waals surface area contributed by atoms with E-state index in [1.807, 2.05) is 6.07 Å². The van der Waals surface area contributed by atoms with Crippen molar-refractivity contribution < 1.29 is 23.5 Å². The van der Waals surface area contributed by atoms with E-state index in [1.165, 1.54) is 6.92 Å². The highest BCUT2D eigenvalue weighted by Crippen LogP contribution is 2.51. The molecule has 1 aromatic rings. The van der Waals surface area contributed by atoms with Crippen molar-refractivity contribution in [2.75, 3.05) is 19.4 Å². The SMILES string of the molecule is CCOP(=O)(C[C@H](C(C)=O)[C@H](O)c1ccccc1)OCC. The summed E-state index contributed by atoms with van der Waals surface area (Å²) in [6.45, 7) is 5.25. The quantitative estimate of drug-likeness (QED) is 0.709. The molecule has 0 aromatic heterocycles. The van der Waals surface area contributed by atoms with E-state index < -0.39 is 19.6 Å². The third-order valence-electron chi connectivity index (χ3n) is 3.12. The molecule has 0 bridgehead atoms. The standard InChI is InChI=1S/C15H23O5P/c1-4-19-21(18,20-5-2)11-14(12(3)16)15(17)13-9-7-6-8-10-13/h6-10,14-15,17H,4-5,11H2,1-3H3/t14-,15-/m1/s1. The summed E-state index contributed by atoms with van der Waals surface area (Å²) in [7, 11) is -3.38. The molecule has 1 aromatic carbocycles. The van der Waals surface area contributed by atoms with Crippen molar-refractivity contribution in [3.05, 3.63) is 35.9 Å². The molecule has 1 rings (SSSR count). The summed E-state index contributed by atoms with van der Waals surface area (Å²) in [5.74, 6) is -1.07. The average molecular weight is 314 g/mol. The third-order valence-corrected chi connectivity index (χ3v) is 5.26. The first-order valence-corrected chi connectivity index (χ1v) is 8.78. The minimum atomic E-state index is -3.38. The van der Waals surface area contributed by atoms with Gasteiger partial charge in [0.15, 0.2) is 0 Å². The number of carbonyl (C=O) groups is 1. The summed E-state index contributed by atoms with van der Waals surface area (Å²) >= 11 is 0. The van der Waals surface area contributed by atoms with Crippen LogP contribution < -0.4 is 0 Å². The van der Waals surface area contributed by atoms with Crippen LogP contribution in [0.5, 0.6) is 0 Å². The summed E-state index contributed by atoms with van der Waals surface area (Å²) in [4.78, 5) is 11.9. The van der Waals surface area contributed by atoms with Gasteiger partial charge in [0.2, 0.25) is 0 Å². The minimum absolute atomic E-state index is 0.125. The second-order valence-corrected chi connectivity index (χ2v) is 6.81. The van der Waals surface area contributed by atoms with Gasteiger partial charge in [0.1, 0.15) is 5.78 Å². The molecule has 2 atom stereocenters. The van der Waals surface area contributed by atoms with Crippen molar-refractivity contribution in [3.8, 4) is 0 Å². The predicted octanol–water partition coefficient (Wildman–Crippen LogP) is 3.19. The topological polar surface area (TPSA) is 72.8 Å². The van der Waals surface area contributed by atoms with Gasteiger partial charge < -0.3 is 14.2 Å². The van der Waals surface area contributed by atoms with Gasteiger partial charge in [-0.3, -0.25) is 9.36 Å². The van der Waals surface area contributed by atoms with Crippen LogP contribution in [0.15, 0.2) is 30.3 Å². The zero-order chi connectivity index (χ0) is 15.9. The van der Waals surface area contributed by atoms with Crippen molar-refractivity contribution in [3.63, 3.8) is 0 Å². The fourth-order valence-corrected chi connectivity index (χ4v) is 4.12. The molecule has 0 saturated carbocycles. The lowest BCUT2D eigenvalue weighted by Crippen LogP contribution is -2.25. The van der Waals surface area contributed by atoms with E-state index in [-0.39, 0.29) is 25.2 Å². The number of carbonyl (C=O) groups excluding carboxylic acids is 1. The lowest BCUT2D eigenvalue weighted by molar-refractivity contribution is -0.123. The number of hydrogen-bond donors (Lipinski definition) is 1. The summed E-state index contributed by atoms with van der Waals surface area (Å²) < 4.78 is 23.0. The Bertz CT molecular complexity index is 478. The van der Waals surface area contributed by atoms with Gasteiger partial charge in [-0.25, -0.2) is 0 Å². The van der Waals surface area contributed by atoms with Crippen LogP contribution in [-0.2, 0) is 18.4 Å². The normalized spacial score (nSPS) is 14.7. The first-order chi connectivity index (χ1) is 9.93. The lowest BCUT2D eigenvalue weighted by atomic mass is 9.94. The first kappa shape index (κ1) is 18.1. The predicted molar refractivity (Wildman–Crippen MR) is 81.3 cm³/mol. The van der Waals surface area contributed by atoms with Crippen molar-refractivity contribution in [2.45, 2.75) is 26.9 Å². The van der Waals surface area contributed by atoms with Crippen molar-refractivity contribution in [1.82, 2.24) is 0 Å². The highest BCUT2D eigenvalue weighted by molar-refractivity contribution is 7.53. The first-order valence-electron chi connectivity index (χ1n) is 7.05. The molecule has 0 aliphatic carbocycles. The van der Waals surface area contributed by atoms with Crippen LogP contribution >= 0.6 is 7.60 Å². The number of rotatable bonds is 9. The fourth-order valence-electron chi connectivity index (χ4n) is 2.11. The molecule has 0 aliphatic heterocycles. The van der Waals surface area contributed by atoms with E-state index in [1.54, 1.807) is 38.1 Å². The highest BCUT2D eigenvalue weighted by atomic mass is 31.2. The second-order valence-electron chi connectivity index (χ2n) is 4.70. The van der Waals surface area contributed by atoms with Gasteiger partial charge >= 0.3 is 7.60 Å². The number of hydrogen-bond acceptors (Lipinski definition) is 5. The fraction of sp³-hybridized carbons (Fsp3) is 0.533. The van der Waals surface area contributed by atoms with Crippen LogP contribution in [0.4, 0.5) is 0 Å². The van der Waals surface area contributed by atoms with Gasteiger partial charge in [0, 0.05) is 0 Å². The largest absolute Gasteiger partial charge is 0.388 e. The minimum Gasteiger partial charge on any atom is -0.388 e. The molecule has 6 heteroatoms. The number of ketones is 1. The molecular formula is C15H23O5P. The second kappa shape index (κ2) is 8.44. The van der Waals surface area contributed by atoms with Crippen LogP contribution in [-0.4, -0.2) is 30.3 Å². The van der Waals surface area contributed by atoms with Gasteiger partial charge in [0.05, 0.1) is 31.4 Å². The summed E-state index contributed by atoms with van der Waals surface area (Å²) in [5, 5.41) is 10.4. The van der Waals surface area contributed by atoms with E-state index in [2.05, 4.69) is 0 Å². The molecule has 0 aliphatic rings. The van der Waals surface area contributed by atoms with E-state index in [9.17, 15) is 14.5 Å². The van der Waals surface area contributed by atoms with Gasteiger partial charge in [0.25, 0.3) is 0 Å². The number of aliphatic hydroxyl groups excluding tert-OH is 1. The Balaban J connectivity index is 2.96. The number of aliphatic hydroxyl groups is 1. The Labute approximate surface area is 125 Å². The lowest BCUT2D eigenvalue weighted by Gasteiger charge is -2.25. The Morgan fingerprint density at radius 1 is 1.19 bits per heavy atom. The molecule has 0 unspecified atom stereocenters. The third kappa shape index (κ3) is 5.36. The summed E-state index contributed by atoms with van der Waals surface area (Å²) in [5.41, 5.74) is 0.609. The molecule has 0 spiro atoms. The Morgan fingerprint density at radius 3 is 2.14 bits per heavy atom. The van der Waals surface area contributed by atoms with Crippen molar-refractivity contribution in [2.24, 2.45) is 5.92 Å². The summed E-state index contributed by atoms with van der Waals surface area (Å²) in [6, 6.07) is 8.84. The molecule has 1 N–H and O–H groups in total. The molecule has 0 heterocycles. The van der Waals surface area contributed by atoms with Gasteiger partial charge in [-0.05, 0) is 26.3 Å². The molecule has 0 amide bonds. The van der Waals surface area contributed by atoms with Crippen LogP contribution in [0.3, 0.4) is 0 Å². The maximum absolute atomic E-state index is 12.6. The van der Waals surface area contributed by atoms with Gasteiger partial charge in [-0.15, -0.1) is 0 Å². The number of benzene rings is 1. The molecule has 0 fully saturated rings. The van der Waals surface area contributed by atoms with Crippen LogP contribution in [0.1, 0.15) is 32.4 Å². The smallest absolute Gasteiger partial charge is 0.331 e. The zero-order valence-corrected chi connectivity index (χ0v) is 13.6. The molecule has 5 nitrogen and oxygen atoms in total. The van der Waals surface area contributed by atoms with E-state index in [0.717, 1.165) is 0 Å². The van der Waals surface area contributed by atoms with Crippen molar-refractivity contribution >= 4 is 13.4 Å². The van der Waals surface area contributed by atoms with Crippen molar-refractivity contribution in [1.29, 1.82) is 0 Å². The molecule has 21 heavy (non-hydrogen) atoms. The van der Waals surface area contributed by atoms with Crippen LogP contribution in [0, 0.1) is 5.92 Å². The Hall–Kier alpha value is -1.00. The zero-order valence-electron chi connectivity index (χ0n) is 12.7. The Kier molecular flexibility index (Phi) is 7.26. The molecule has 118 valence electrons. The average Bonchev–Trinajstić information content (AvgIpc) is 2.45. The van der Waals surface area contributed by atoms with Crippen LogP contribution in [0.25, 0.3) is 0 Å². The van der Waals surface area contributed by atoms with Crippen LogP contribution in [0.2, 0.25) is 0 Å². The molecule has 0 saturated heterocycles. The monoisotopic (exact) mass is 314 g/mol. The number of Topliss-reactive ketones (excluding diaryl/α,β-unsaturated/α-hetero) is 1. The maximum Gasteiger partial charge on any atom is 0.331 e. The summed E-state index contributed by atoms with van der Waals surface area (Å²) in [6.07, 6.45) is -1.15. The van der Waals surface area contributed by atoms with E-state index >= 15 is 0 Å². The van der Waals surface area contributed by atoms with Gasteiger partial charge in [-0.1, -0.05) is 30.3 Å². The van der Waals surface area contributed by atoms with E-state index in [0.29, 0.717) is 5.56 Å². The Morgan fingerprint density at radius 2 is 1.71 bits per heavy atom. The van der Waals surface area contributed by atoms with E-state index in [4.69, 9.17) is 9.05 Å². The highest BCUT2D eigenvalue weighted by Gasteiger charge is 2.35. The molecular weight excluding hydrogens is 291 g/mol. The maximum atomic E-state index is 12.6.